The number of aromatic nitrogens is 3. The molecular formula is C18H26N6O4. The molecule has 1 aliphatic heterocycles. The topological polar surface area (TPSA) is 132 Å². The average molecular weight is 390 g/mol. The third kappa shape index (κ3) is 4.76. The number of ether oxygens (including phenoxy) is 2. The fraction of sp³-hybridized carbons (Fsp3) is 0.556. The highest BCUT2D eigenvalue weighted by Gasteiger charge is 2.23. The van der Waals surface area contributed by atoms with Crippen LogP contribution in [-0.4, -0.2) is 64.3 Å². The predicted octanol–water partition coefficient (Wildman–Crippen LogP) is 0.779. The molecule has 0 saturated carbocycles. The molecule has 2 aromatic rings. The maximum absolute atomic E-state index is 9.95. The van der Waals surface area contributed by atoms with Crippen LogP contribution in [-0.2, 0) is 4.74 Å². The Balaban J connectivity index is 1.99. The van der Waals surface area contributed by atoms with Crippen molar-refractivity contribution in [2.75, 3.05) is 37.8 Å². The van der Waals surface area contributed by atoms with Crippen LogP contribution in [0.5, 0.6) is 6.01 Å². The van der Waals surface area contributed by atoms with Crippen LogP contribution in [0.1, 0.15) is 36.8 Å². The van der Waals surface area contributed by atoms with Crippen LogP contribution >= 0.6 is 0 Å². The van der Waals surface area contributed by atoms with Gasteiger partial charge in [-0.25, -0.2) is 0 Å². The number of aliphatic hydroxyl groups is 1. The molecule has 0 spiro atoms. The third-order valence-corrected chi connectivity index (χ3v) is 4.19. The number of hydrogen-bond donors (Lipinski definition) is 2. The molecule has 1 saturated heterocycles. The van der Waals surface area contributed by atoms with Gasteiger partial charge in [0.05, 0.1) is 18.8 Å². The minimum absolute atomic E-state index is 0.0209. The lowest BCUT2D eigenvalue weighted by Gasteiger charge is -2.27. The molecule has 10 nitrogen and oxygen atoms in total. The molecule has 3 N–H and O–H groups in total. The quantitative estimate of drug-likeness (QED) is 0.417. The number of nitrogens with zero attached hydrogens (tertiary/aromatic N) is 5. The second-order valence-corrected chi connectivity index (χ2v) is 7.27. The first-order valence-electron chi connectivity index (χ1n) is 9.06. The number of rotatable bonds is 6. The fourth-order valence-corrected chi connectivity index (χ4v) is 2.58. The van der Waals surface area contributed by atoms with E-state index >= 15 is 0 Å². The minimum atomic E-state index is -1.04. The van der Waals surface area contributed by atoms with E-state index in [0.717, 1.165) is 11.3 Å². The second kappa shape index (κ2) is 8.11. The summed E-state index contributed by atoms with van der Waals surface area (Å²) < 4.78 is 16.7. The fourth-order valence-electron chi connectivity index (χ4n) is 2.58. The van der Waals surface area contributed by atoms with Crippen LogP contribution in [0.15, 0.2) is 15.6 Å². The van der Waals surface area contributed by atoms with Crippen molar-refractivity contribution in [1.29, 1.82) is 0 Å². The van der Waals surface area contributed by atoms with Gasteiger partial charge in [-0.05, 0) is 39.3 Å². The molecule has 2 aromatic heterocycles. The second-order valence-electron chi connectivity index (χ2n) is 7.27. The monoisotopic (exact) mass is 390 g/mol. The van der Waals surface area contributed by atoms with Crippen molar-refractivity contribution in [1.82, 2.24) is 15.0 Å². The van der Waals surface area contributed by atoms with E-state index in [0.29, 0.717) is 43.7 Å². The number of morpholine rings is 1. The summed E-state index contributed by atoms with van der Waals surface area (Å²) in [5.41, 5.74) is 0.227. The van der Waals surface area contributed by atoms with Crippen molar-refractivity contribution in [3.05, 3.63) is 29.0 Å². The summed E-state index contributed by atoms with van der Waals surface area (Å²) in [5, 5.41) is 13.8. The van der Waals surface area contributed by atoms with Crippen molar-refractivity contribution >= 4 is 11.7 Å². The Hall–Kier alpha value is -2.72. The van der Waals surface area contributed by atoms with Gasteiger partial charge in [-0.3, -0.25) is 0 Å². The molecule has 3 heterocycles. The Bertz CT molecular complexity index is 833. The van der Waals surface area contributed by atoms with E-state index in [1.807, 2.05) is 24.8 Å². The van der Waals surface area contributed by atoms with Gasteiger partial charge in [0, 0.05) is 13.1 Å². The Labute approximate surface area is 163 Å². The van der Waals surface area contributed by atoms with Crippen molar-refractivity contribution in [2.45, 2.75) is 33.3 Å². The first-order chi connectivity index (χ1) is 13.3. The van der Waals surface area contributed by atoms with E-state index in [-0.39, 0.29) is 18.4 Å². The Morgan fingerprint density at radius 2 is 2.00 bits per heavy atom. The van der Waals surface area contributed by atoms with Gasteiger partial charge in [-0.1, -0.05) is 0 Å². The van der Waals surface area contributed by atoms with Gasteiger partial charge in [0.1, 0.15) is 12.4 Å². The molecule has 1 aliphatic rings. The number of hydrazone groups is 1. The lowest BCUT2D eigenvalue weighted by molar-refractivity contribution is 0.0249. The molecule has 28 heavy (non-hydrogen) atoms. The molecule has 152 valence electrons. The van der Waals surface area contributed by atoms with E-state index in [1.54, 1.807) is 13.8 Å². The molecule has 1 fully saturated rings. The molecule has 0 aliphatic carbocycles. The van der Waals surface area contributed by atoms with Crippen LogP contribution in [0.2, 0.25) is 0 Å². The zero-order valence-electron chi connectivity index (χ0n) is 16.6. The Morgan fingerprint density at radius 3 is 2.57 bits per heavy atom. The van der Waals surface area contributed by atoms with E-state index in [2.05, 4.69) is 20.1 Å². The van der Waals surface area contributed by atoms with Gasteiger partial charge in [0.2, 0.25) is 5.95 Å². The molecular weight excluding hydrogens is 364 g/mol. The maximum atomic E-state index is 9.95. The molecule has 0 aromatic carbocycles. The average Bonchev–Trinajstić information content (AvgIpc) is 2.99. The number of aryl methyl sites for hydroxylation is 2. The van der Waals surface area contributed by atoms with Crippen molar-refractivity contribution in [3.63, 3.8) is 0 Å². The third-order valence-electron chi connectivity index (χ3n) is 4.19. The van der Waals surface area contributed by atoms with Gasteiger partial charge < -0.3 is 29.7 Å². The van der Waals surface area contributed by atoms with Crippen LogP contribution in [0.4, 0.5) is 5.95 Å². The Kier molecular flexibility index (Phi) is 5.80. The summed E-state index contributed by atoms with van der Waals surface area (Å²) >= 11 is 0. The highest BCUT2D eigenvalue weighted by atomic mass is 16.5. The zero-order valence-corrected chi connectivity index (χ0v) is 16.6. The van der Waals surface area contributed by atoms with Crippen LogP contribution in [0.25, 0.3) is 0 Å². The molecule has 0 atom stereocenters. The summed E-state index contributed by atoms with van der Waals surface area (Å²) in [6, 6.07) is 1.91. The van der Waals surface area contributed by atoms with Gasteiger partial charge in [0.25, 0.3) is 0 Å². The number of nitrogens with two attached hydrogens (primary N) is 1. The van der Waals surface area contributed by atoms with Gasteiger partial charge in [0.15, 0.2) is 17.3 Å². The summed E-state index contributed by atoms with van der Waals surface area (Å²) in [4.78, 5) is 15.2. The molecule has 0 unspecified atom stereocenters. The van der Waals surface area contributed by atoms with Crippen molar-refractivity contribution in [3.8, 4) is 6.01 Å². The largest absolute Gasteiger partial charge is 0.460 e. The van der Waals surface area contributed by atoms with Gasteiger partial charge >= 0.3 is 6.01 Å². The smallest absolute Gasteiger partial charge is 0.321 e. The van der Waals surface area contributed by atoms with E-state index < -0.39 is 5.60 Å². The summed E-state index contributed by atoms with van der Waals surface area (Å²) in [5.74, 6) is 7.52. The van der Waals surface area contributed by atoms with Crippen LogP contribution in [0, 0.1) is 13.8 Å². The van der Waals surface area contributed by atoms with Gasteiger partial charge in [-0.2, -0.15) is 20.1 Å². The maximum Gasteiger partial charge on any atom is 0.321 e. The minimum Gasteiger partial charge on any atom is -0.460 e. The summed E-state index contributed by atoms with van der Waals surface area (Å²) in [6.07, 6.45) is 0. The standard InChI is InChI=1S/C18H26N6O4/c1-11-9-13(28-12(11)2)14(23-19)15-20-16(24-5-7-26-8-6-24)22-17(21-15)27-10-18(3,4)25/h9,25H,5-8,10,19H2,1-4H3/b23-14-. The van der Waals surface area contributed by atoms with Gasteiger partial charge in [-0.15, -0.1) is 0 Å². The molecule has 10 heteroatoms. The van der Waals surface area contributed by atoms with Crippen LogP contribution < -0.4 is 15.5 Å². The zero-order chi connectivity index (χ0) is 20.3. The molecule has 0 bridgehead atoms. The Morgan fingerprint density at radius 1 is 1.29 bits per heavy atom. The molecule has 3 rings (SSSR count). The van der Waals surface area contributed by atoms with E-state index in [9.17, 15) is 5.11 Å². The summed E-state index contributed by atoms with van der Waals surface area (Å²) in [6.45, 7) is 9.53. The SMILES string of the molecule is Cc1cc(/C(=N/N)c2nc(OCC(C)(C)O)nc(N3CCOCC3)n2)oc1C. The normalized spacial score (nSPS) is 15.8. The number of furan rings is 1. The van der Waals surface area contributed by atoms with Crippen LogP contribution in [0.3, 0.4) is 0 Å². The predicted molar refractivity (Wildman–Crippen MR) is 103 cm³/mol. The highest BCUT2D eigenvalue weighted by molar-refractivity contribution is 6.08. The first-order valence-corrected chi connectivity index (χ1v) is 9.06. The van der Waals surface area contributed by atoms with Crippen molar-refractivity contribution < 1.29 is 19.0 Å². The van der Waals surface area contributed by atoms with Crippen molar-refractivity contribution in [2.24, 2.45) is 10.9 Å². The highest BCUT2D eigenvalue weighted by Crippen LogP contribution is 2.20. The number of anilines is 1. The lowest BCUT2D eigenvalue weighted by Crippen LogP contribution is -2.38. The molecule has 0 amide bonds. The van der Waals surface area contributed by atoms with E-state index in [1.165, 1.54) is 0 Å². The lowest BCUT2D eigenvalue weighted by atomic mass is 10.2. The van der Waals surface area contributed by atoms with E-state index in [4.69, 9.17) is 19.7 Å². The number of hydrogen-bond acceptors (Lipinski definition) is 10. The first kappa shape index (κ1) is 20.0. The molecule has 0 radical (unpaired) electrons. The summed E-state index contributed by atoms with van der Waals surface area (Å²) in [7, 11) is 0.